The normalized spacial score (nSPS) is 29.4. The number of carbonyl (C=O) groups excluding carboxylic acids is 2. The van der Waals surface area contributed by atoms with Crippen LogP contribution < -0.4 is 5.32 Å². The average molecular weight is 294 g/mol. The fourth-order valence-corrected chi connectivity index (χ4v) is 3.49. The van der Waals surface area contributed by atoms with E-state index in [1.54, 1.807) is 4.90 Å². The molecule has 2 aliphatic rings. The summed E-state index contributed by atoms with van der Waals surface area (Å²) in [6, 6.07) is 0. The molecular formula is C15H22N2O4. The van der Waals surface area contributed by atoms with Gasteiger partial charge in [0.25, 0.3) is 0 Å². The topological polar surface area (TPSA) is 86.7 Å². The lowest BCUT2D eigenvalue weighted by Gasteiger charge is -2.24. The van der Waals surface area contributed by atoms with E-state index in [-0.39, 0.29) is 30.2 Å². The molecule has 0 aromatic carbocycles. The summed E-state index contributed by atoms with van der Waals surface area (Å²) in [6.07, 6.45) is 4.55. The zero-order valence-corrected chi connectivity index (χ0v) is 12.4. The Hall–Kier alpha value is -1.85. The van der Waals surface area contributed by atoms with Crippen molar-refractivity contribution in [3.8, 4) is 0 Å². The van der Waals surface area contributed by atoms with E-state index in [0.717, 1.165) is 6.42 Å². The minimum atomic E-state index is -0.929. The number of carboxylic acid groups (broad SMARTS) is 1. The third kappa shape index (κ3) is 2.94. The predicted octanol–water partition coefficient (Wildman–Crippen LogP) is 0.494. The lowest BCUT2D eigenvalue weighted by Crippen LogP contribution is -2.45. The van der Waals surface area contributed by atoms with Gasteiger partial charge in [0, 0.05) is 13.1 Å². The zero-order valence-electron chi connectivity index (χ0n) is 12.4. The summed E-state index contributed by atoms with van der Waals surface area (Å²) in [4.78, 5) is 37.1. The molecule has 21 heavy (non-hydrogen) atoms. The summed E-state index contributed by atoms with van der Waals surface area (Å²) in [7, 11) is 0. The molecule has 6 heteroatoms. The van der Waals surface area contributed by atoms with Crippen LogP contribution in [0, 0.1) is 23.7 Å². The van der Waals surface area contributed by atoms with Crippen molar-refractivity contribution in [2.24, 2.45) is 23.7 Å². The highest BCUT2D eigenvalue weighted by molar-refractivity contribution is 5.89. The fourth-order valence-electron chi connectivity index (χ4n) is 3.49. The van der Waals surface area contributed by atoms with Gasteiger partial charge in [-0.2, -0.15) is 0 Å². The van der Waals surface area contributed by atoms with Crippen LogP contribution in [0.4, 0.5) is 0 Å². The van der Waals surface area contributed by atoms with Gasteiger partial charge in [0.05, 0.1) is 18.4 Å². The SMILES string of the molecule is CCN(CC)C(=O)CNC(=O)C1C2C=CC(C2)C1C(=O)O. The molecule has 2 rings (SSSR count). The number of carbonyl (C=O) groups is 3. The molecule has 0 aromatic heterocycles. The molecule has 0 radical (unpaired) electrons. The van der Waals surface area contributed by atoms with Crippen molar-refractivity contribution in [1.82, 2.24) is 10.2 Å². The standard InChI is InChI=1S/C15H22N2O4/c1-3-17(4-2)11(18)8-16-14(19)12-9-5-6-10(7-9)13(12)15(20)21/h5-6,9-10,12-13H,3-4,7-8H2,1-2H3,(H,16,19)(H,20,21). The van der Waals surface area contributed by atoms with Gasteiger partial charge in [-0.3, -0.25) is 14.4 Å². The van der Waals surface area contributed by atoms with E-state index in [0.29, 0.717) is 13.1 Å². The molecule has 0 saturated heterocycles. The van der Waals surface area contributed by atoms with Gasteiger partial charge in [-0.15, -0.1) is 0 Å². The summed E-state index contributed by atoms with van der Waals surface area (Å²) in [5.41, 5.74) is 0. The number of fused-ring (bicyclic) bond motifs is 2. The van der Waals surface area contributed by atoms with Crippen LogP contribution in [0.15, 0.2) is 12.2 Å². The molecule has 1 fully saturated rings. The Balaban J connectivity index is 1.96. The first-order valence-corrected chi connectivity index (χ1v) is 7.46. The molecule has 6 nitrogen and oxygen atoms in total. The van der Waals surface area contributed by atoms with Gasteiger partial charge in [0.1, 0.15) is 0 Å². The molecule has 2 bridgehead atoms. The Morgan fingerprint density at radius 1 is 1.14 bits per heavy atom. The molecule has 2 amide bonds. The second kappa shape index (κ2) is 6.28. The minimum absolute atomic E-state index is 0.0142. The number of likely N-dealkylation sites (N-methyl/N-ethyl adjacent to an activating group) is 1. The van der Waals surface area contributed by atoms with Crippen LogP contribution in [0.3, 0.4) is 0 Å². The average Bonchev–Trinajstić information content (AvgIpc) is 3.06. The van der Waals surface area contributed by atoms with Gasteiger partial charge >= 0.3 is 5.97 Å². The molecule has 2 N–H and O–H groups in total. The van der Waals surface area contributed by atoms with Crippen molar-refractivity contribution in [2.75, 3.05) is 19.6 Å². The number of nitrogens with one attached hydrogen (secondary N) is 1. The first-order chi connectivity index (χ1) is 9.99. The Bertz CT molecular complexity index is 470. The first kappa shape index (κ1) is 15.5. The first-order valence-electron chi connectivity index (χ1n) is 7.46. The van der Waals surface area contributed by atoms with E-state index in [2.05, 4.69) is 5.32 Å². The van der Waals surface area contributed by atoms with Gasteiger partial charge in [-0.1, -0.05) is 12.2 Å². The molecule has 2 aliphatic carbocycles. The molecule has 116 valence electrons. The maximum atomic E-state index is 12.3. The van der Waals surface area contributed by atoms with Crippen LogP contribution in [0.1, 0.15) is 20.3 Å². The molecule has 0 aliphatic heterocycles. The van der Waals surface area contributed by atoms with Crippen molar-refractivity contribution in [1.29, 1.82) is 0 Å². The van der Waals surface area contributed by atoms with Gasteiger partial charge in [-0.05, 0) is 32.1 Å². The van der Waals surface area contributed by atoms with Crippen molar-refractivity contribution in [3.05, 3.63) is 12.2 Å². The van der Waals surface area contributed by atoms with Crippen LogP contribution in [0.2, 0.25) is 0 Å². The summed E-state index contributed by atoms with van der Waals surface area (Å²) in [5, 5.41) is 11.9. The Morgan fingerprint density at radius 2 is 1.71 bits per heavy atom. The lowest BCUT2D eigenvalue weighted by atomic mass is 9.82. The van der Waals surface area contributed by atoms with E-state index >= 15 is 0 Å². The molecule has 4 atom stereocenters. The summed E-state index contributed by atoms with van der Waals surface area (Å²) >= 11 is 0. The molecule has 0 aromatic rings. The summed E-state index contributed by atoms with van der Waals surface area (Å²) < 4.78 is 0. The maximum absolute atomic E-state index is 12.3. The monoisotopic (exact) mass is 294 g/mol. The number of amides is 2. The second-order valence-electron chi connectivity index (χ2n) is 5.62. The fraction of sp³-hybridized carbons (Fsp3) is 0.667. The van der Waals surface area contributed by atoms with E-state index in [1.807, 2.05) is 26.0 Å². The highest BCUT2D eigenvalue weighted by atomic mass is 16.4. The van der Waals surface area contributed by atoms with Crippen molar-refractivity contribution < 1.29 is 19.5 Å². The second-order valence-corrected chi connectivity index (χ2v) is 5.62. The Labute approximate surface area is 124 Å². The quantitative estimate of drug-likeness (QED) is 0.698. The molecule has 1 saturated carbocycles. The number of nitrogens with zero attached hydrogens (tertiary/aromatic N) is 1. The van der Waals surface area contributed by atoms with Crippen LogP contribution in [0.25, 0.3) is 0 Å². The highest BCUT2D eigenvalue weighted by Gasteiger charge is 2.51. The molecular weight excluding hydrogens is 272 g/mol. The highest BCUT2D eigenvalue weighted by Crippen LogP contribution is 2.48. The van der Waals surface area contributed by atoms with E-state index < -0.39 is 17.8 Å². The number of aliphatic carboxylic acids is 1. The third-order valence-electron chi connectivity index (χ3n) is 4.58. The van der Waals surface area contributed by atoms with Crippen molar-refractivity contribution in [3.63, 3.8) is 0 Å². The molecule has 0 spiro atoms. The Kier molecular flexibility index (Phi) is 4.65. The van der Waals surface area contributed by atoms with E-state index in [1.165, 1.54) is 0 Å². The number of hydrogen-bond donors (Lipinski definition) is 2. The van der Waals surface area contributed by atoms with Crippen molar-refractivity contribution >= 4 is 17.8 Å². The van der Waals surface area contributed by atoms with Gasteiger partial charge in [0.2, 0.25) is 11.8 Å². The zero-order chi connectivity index (χ0) is 15.6. The van der Waals surface area contributed by atoms with Gasteiger partial charge in [-0.25, -0.2) is 0 Å². The van der Waals surface area contributed by atoms with Gasteiger partial charge in [0.15, 0.2) is 0 Å². The smallest absolute Gasteiger partial charge is 0.307 e. The largest absolute Gasteiger partial charge is 0.481 e. The molecule has 4 unspecified atom stereocenters. The van der Waals surface area contributed by atoms with Crippen LogP contribution in [-0.2, 0) is 14.4 Å². The van der Waals surface area contributed by atoms with Crippen LogP contribution >= 0.6 is 0 Å². The van der Waals surface area contributed by atoms with Gasteiger partial charge < -0.3 is 15.3 Å². The number of hydrogen-bond acceptors (Lipinski definition) is 3. The third-order valence-corrected chi connectivity index (χ3v) is 4.58. The van der Waals surface area contributed by atoms with Crippen molar-refractivity contribution in [2.45, 2.75) is 20.3 Å². The van der Waals surface area contributed by atoms with E-state index in [9.17, 15) is 19.5 Å². The minimum Gasteiger partial charge on any atom is -0.481 e. The predicted molar refractivity (Wildman–Crippen MR) is 76.3 cm³/mol. The lowest BCUT2D eigenvalue weighted by molar-refractivity contribution is -0.148. The van der Waals surface area contributed by atoms with E-state index in [4.69, 9.17) is 0 Å². The number of rotatable bonds is 6. The summed E-state index contributed by atoms with van der Waals surface area (Å²) in [5.74, 6) is -2.67. The number of carboxylic acids is 1. The van der Waals surface area contributed by atoms with Crippen LogP contribution in [0.5, 0.6) is 0 Å². The van der Waals surface area contributed by atoms with Crippen LogP contribution in [-0.4, -0.2) is 47.4 Å². The summed E-state index contributed by atoms with van der Waals surface area (Å²) in [6.45, 7) is 4.89. The maximum Gasteiger partial charge on any atom is 0.307 e. The number of allylic oxidation sites excluding steroid dienone is 2. The molecule has 0 heterocycles. The Morgan fingerprint density at radius 3 is 2.24 bits per heavy atom.